The Bertz CT molecular complexity index is 385. The maximum Gasteiger partial charge on any atom is 0.412 e. The topological polar surface area (TPSA) is 61.8 Å². The normalized spacial score (nSPS) is 35.5. The lowest BCUT2D eigenvalue weighted by atomic mass is 9.68. The maximum atomic E-state index is 12.0. The fraction of sp³-hybridized carbons (Fsp3) is 0.929. The van der Waals surface area contributed by atoms with E-state index in [-0.39, 0.29) is 11.1 Å². The molecule has 0 aliphatic carbocycles. The van der Waals surface area contributed by atoms with E-state index in [2.05, 4.69) is 33.0 Å². The van der Waals surface area contributed by atoms with Crippen molar-refractivity contribution in [1.82, 2.24) is 10.2 Å². The quantitative estimate of drug-likeness (QED) is 0.763. The van der Waals surface area contributed by atoms with Gasteiger partial charge in [-0.3, -0.25) is 4.90 Å². The summed E-state index contributed by atoms with van der Waals surface area (Å²) in [5.41, 5.74) is -2.51. The Labute approximate surface area is 115 Å². The van der Waals surface area contributed by atoms with Crippen LogP contribution in [0.25, 0.3) is 0 Å². The summed E-state index contributed by atoms with van der Waals surface area (Å²) in [5, 5.41) is 14.5. The molecule has 2 rings (SSSR count). The lowest BCUT2D eigenvalue weighted by molar-refractivity contribution is -0.179. The highest BCUT2D eigenvalue weighted by atomic mass is 16.6. The molecule has 2 heterocycles. The molecule has 5 heteroatoms. The molecule has 0 radical (unpaired) electrons. The fourth-order valence-corrected chi connectivity index (χ4v) is 4.08. The summed E-state index contributed by atoms with van der Waals surface area (Å²) in [4.78, 5) is 13.5. The highest BCUT2D eigenvalue weighted by Gasteiger charge is 2.66. The Morgan fingerprint density at radius 2 is 1.68 bits per heavy atom. The number of likely N-dealkylation sites (N-methyl/N-ethyl adjacent to an activating group) is 1. The first-order valence-electron chi connectivity index (χ1n) is 6.97. The minimum Gasteiger partial charge on any atom is -0.437 e. The van der Waals surface area contributed by atoms with E-state index in [1.807, 2.05) is 6.92 Å². The molecule has 2 aliphatic heterocycles. The van der Waals surface area contributed by atoms with Crippen molar-refractivity contribution in [3.05, 3.63) is 0 Å². The minimum absolute atomic E-state index is 0.199. The van der Waals surface area contributed by atoms with Gasteiger partial charge in [0, 0.05) is 30.5 Å². The number of carbonyl (C=O) groups is 1. The molecule has 0 aromatic carbocycles. The van der Waals surface area contributed by atoms with Gasteiger partial charge in [-0.25, -0.2) is 4.79 Å². The van der Waals surface area contributed by atoms with Crippen LogP contribution in [0.3, 0.4) is 0 Å². The lowest BCUT2D eigenvalue weighted by Crippen LogP contribution is -2.70. The average molecular weight is 270 g/mol. The summed E-state index contributed by atoms with van der Waals surface area (Å²) in [6, 6.07) is 0. The van der Waals surface area contributed by atoms with Crippen molar-refractivity contribution >= 4 is 6.09 Å². The van der Waals surface area contributed by atoms with Crippen LogP contribution >= 0.6 is 0 Å². The highest BCUT2D eigenvalue weighted by molar-refractivity contribution is 5.72. The van der Waals surface area contributed by atoms with E-state index in [4.69, 9.17) is 4.74 Å². The standard InChI is InChI=1S/C14H26N2O3/c1-7-16-10(17)19-14(13(16,6)18)8-11(2,3)15-12(4,5)9-14/h15,18H,7-9H2,1-6H3/t13-/m0/s1. The number of nitrogens with zero attached hydrogens (tertiary/aromatic N) is 1. The molecule has 2 saturated heterocycles. The number of piperidine rings is 1. The number of hydrogen-bond donors (Lipinski definition) is 2. The molecule has 2 N–H and O–H groups in total. The molecule has 0 saturated carbocycles. The van der Waals surface area contributed by atoms with Crippen molar-refractivity contribution in [3.63, 3.8) is 0 Å². The van der Waals surface area contributed by atoms with Gasteiger partial charge in [0.25, 0.3) is 0 Å². The van der Waals surface area contributed by atoms with E-state index in [1.54, 1.807) is 6.92 Å². The summed E-state index contributed by atoms with van der Waals surface area (Å²) in [6.07, 6.45) is 0.776. The fourth-order valence-electron chi connectivity index (χ4n) is 4.08. The van der Waals surface area contributed by atoms with Crippen LogP contribution in [0.4, 0.5) is 4.79 Å². The van der Waals surface area contributed by atoms with Crippen LogP contribution in [0, 0.1) is 0 Å². The average Bonchev–Trinajstić information content (AvgIpc) is 2.27. The number of hydrogen-bond acceptors (Lipinski definition) is 4. The SMILES string of the molecule is CCN1C(=O)OC2(CC(C)(C)NC(C)(C)C2)[C@]1(C)O. The van der Waals surface area contributed by atoms with Gasteiger partial charge in [-0.15, -0.1) is 0 Å². The second kappa shape index (κ2) is 3.85. The van der Waals surface area contributed by atoms with E-state index in [1.165, 1.54) is 4.90 Å². The third kappa shape index (κ3) is 2.13. The smallest absolute Gasteiger partial charge is 0.412 e. The zero-order valence-electron chi connectivity index (χ0n) is 12.8. The Morgan fingerprint density at radius 3 is 2.05 bits per heavy atom. The molecule has 110 valence electrons. The summed E-state index contributed by atoms with van der Waals surface area (Å²) in [7, 11) is 0. The summed E-state index contributed by atoms with van der Waals surface area (Å²) in [5.74, 6) is 0. The number of ether oxygens (including phenoxy) is 1. The van der Waals surface area contributed by atoms with E-state index in [0.29, 0.717) is 19.4 Å². The molecular weight excluding hydrogens is 244 g/mol. The van der Waals surface area contributed by atoms with Crippen molar-refractivity contribution in [1.29, 1.82) is 0 Å². The first kappa shape index (κ1) is 14.6. The molecule has 0 aromatic heterocycles. The zero-order valence-corrected chi connectivity index (χ0v) is 12.8. The maximum absolute atomic E-state index is 12.0. The van der Waals surface area contributed by atoms with E-state index in [9.17, 15) is 9.90 Å². The molecular formula is C14H26N2O3. The molecule has 19 heavy (non-hydrogen) atoms. The number of amides is 1. The van der Waals surface area contributed by atoms with Gasteiger partial charge in [-0.05, 0) is 41.5 Å². The number of aliphatic hydroxyl groups is 1. The van der Waals surface area contributed by atoms with Crippen LogP contribution < -0.4 is 5.32 Å². The molecule has 5 nitrogen and oxygen atoms in total. The predicted molar refractivity (Wildman–Crippen MR) is 72.7 cm³/mol. The summed E-state index contributed by atoms with van der Waals surface area (Å²) < 4.78 is 5.68. The Hall–Kier alpha value is -0.810. The second-order valence-electron chi connectivity index (χ2n) is 7.37. The third-order valence-electron chi connectivity index (χ3n) is 4.34. The van der Waals surface area contributed by atoms with Crippen LogP contribution in [0.5, 0.6) is 0 Å². The van der Waals surface area contributed by atoms with E-state index >= 15 is 0 Å². The third-order valence-corrected chi connectivity index (χ3v) is 4.34. The first-order chi connectivity index (χ1) is 8.45. The molecule has 2 fully saturated rings. The van der Waals surface area contributed by atoms with Gasteiger partial charge >= 0.3 is 6.09 Å². The van der Waals surface area contributed by atoms with Crippen molar-refractivity contribution in [2.45, 2.75) is 76.8 Å². The minimum atomic E-state index is -1.27. The number of nitrogens with one attached hydrogen (secondary N) is 1. The lowest BCUT2D eigenvalue weighted by Gasteiger charge is -2.53. The second-order valence-corrected chi connectivity index (χ2v) is 7.37. The largest absolute Gasteiger partial charge is 0.437 e. The van der Waals surface area contributed by atoms with E-state index < -0.39 is 17.4 Å². The Balaban J connectivity index is 2.45. The van der Waals surface area contributed by atoms with Crippen LogP contribution in [-0.2, 0) is 4.74 Å². The molecule has 1 amide bonds. The van der Waals surface area contributed by atoms with Gasteiger partial charge in [0.2, 0.25) is 0 Å². The predicted octanol–water partition coefficient (Wildman–Crippen LogP) is 1.85. The van der Waals surface area contributed by atoms with Crippen molar-refractivity contribution in [2.75, 3.05) is 6.54 Å². The monoisotopic (exact) mass is 270 g/mol. The first-order valence-corrected chi connectivity index (χ1v) is 6.97. The molecule has 0 aromatic rings. The molecule has 2 aliphatic rings. The molecule has 0 bridgehead atoms. The number of carbonyl (C=O) groups excluding carboxylic acids is 1. The van der Waals surface area contributed by atoms with Crippen LogP contribution in [0.2, 0.25) is 0 Å². The van der Waals surface area contributed by atoms with Crippen LogP contribution in [0.1, 0.15) is 54.4 Å². The molecule has 0 unspecified atom stereocenters. The van der Waals surface area contributed by atoms with Gasteiger partial charge in [-0.1, -0.05) is 0 Å². The molecule has 1 spiro atoms. The Morgan fingerprint density at radius 1 is 1.21 bits per heavy atom. The molecule has 1 atom stereocenters. The van der Waals surface area contributed by atoms with Gasteiger partial charge in [-0.2, -0.15) is 0 Å². The number of rotatable bonds is 1. The zero-order chi connectivity index (χ0) is 14.7. The summed E-state index contributed by atoms with van der Waals surface area (Å²) in [6.45, 7) is 12.3. The summed E-state index contributed by atoms with van der Waals surface area (Å²) >= 11 is 0. The highest BCUT2D eigenvalue weighted by Crippen LogP contribution is 2.49. The van der Waals surface area contributed by atoms with Gasteiger partial charge in [0.1, 0.15) is 0 Å². The van der Waals surface area contributed by atoms with Crippen molar-refractivity contribution in [3.8, 4) is 0 Å². The van der Waals surface area contributed by atoms with Gasteiger partial charge in [0.05, 0.1) is 0 Å². The van der Waals surface area contributed by atoms with Crippen LogP contribution in [0.15, 0.2) is 0 Å². The van der Waals surface area contributed by atoms with Crippen molar-refractivity contribution < 1.29 is 14.6 Å². The Kier molecular flexibility index (Phi) is 2.96. The van der Waals surface area contributed by atoms with Crippen LogP contribution in [-0.4, -0.2) is 45.0 Å². The van der Waals surface area contributed by atoms with Crippen molar-refractivity contribution in [2.24, 2.45) is 0 Å². The van der Waals surface area contributed by atoms with E-state index in [0.717, 1.165) is 0 Å². The van der Waals surface area contributed by atoms with Gasteiger partial charge in [0.15, 0.2) is 11.3 Å². The van der Waals surface area contributed by atoms with Gasteiger partial charge < -0.3 is 15.2 Å².